The molecule has 1 N–H and O–H groups in total. The van der Waals surface area contributed by atoms with Crippen LogP contribution in [-0.2, 0) is 6.42 Å². The molecular weight excluding hydrogens is 370 g/mol. The number of nitrogens with zero attached hydrogens (tertiary/aromatic N) is 1. The molecule has 0 aliphatic carbocycles. The number of benzene rings is 3. The normalized spacial score (nSPS) is 10.9. The molecule has 1 aromatic heterocycles. The molecule has 28 heavy (non-hydrogen) atoms. The van der Waals surface area contributed by atoms with Crippen molar-refractivity contribution >= 4 is 28.1 Å². The van der Waals surface area contributed by atoms with Crippen LogP contribution in [0.15, 0.2) is 72.1 Å². The lowest BCUT2D eigenvalue weighted by Gasteiger charge is -2.13. The van der Waals surface area contributed by atoms with Crippen LogP contribution in [0.25, 0.3) is 21.3 Å². The van der Waals surface area contributed by atoms with Crippen molar-refractivity contribution in [3.63, 3.8) is 0 Å². The zero-order valence-corrected chi connectivity index (χ0v) is 16.0. The van der Waals surface area contributed by atoms with E-state index in [4.69, 9.17) is 4.74 Å². The van der Waals surface area contributed by atoms with Gasteiger partial charge in [-0.3, -0.25) is 0 Å². The first kappa shape index (κ1) is 18.2. The molecule has 4 aromatic rings. The largest absolute Gasteiger partial charge is 0.493 e. The maximum atomic E-state index is 11.3. The molecule has 5 heteroatoms. The topological polar surface area (TPSA) is 59.4 Å². The van der Waals surface area contributed by atoms with E-state index in [9.17, 15) is 9.90 Å². The molecule has 0 bridgehead atoms. The highest BCUT2D eigenvalue weighted by molar-refractivity contribution is 7.13. The van der Waals surface area contributed by atoms with Gasteiger partial charge in [0.1, 0.15) is 10.8 Å². The second-order valence-corrected chi connectivity index (χ2v) is 7.30. The number of rotatable bonds is 7. The number of aryl methyl sites for hydroxylation is 1. The van der Waals surface area contributed by atoms with Crippen LogP contribution in [0.2, 0.25) is 0 Å². The molecule has 0 atom stereocenters. The van der Waals surface area contributed by atoms with E-state index in [2.05, 4.69) is 17.1 Å². The molecule has 0 radical (unpaired) electrons. The summed E-state index contributed by atoms with van der Waals surface area (Å²) in [5.74, 6) is -0.286. The van der Waals surface area contributed by atoms with Crippen molar-refractivity contribution in [3.8, 4) is 16.3 Å². The third-order valence-electron chi connectivity index (χ3n) is 4.54. The number of carboxylic acids is 1. The molecule has 0 unspecified atom stereocenters. The van der Waals surface area contributed by atoms with Crippen LogP contribution in [0.3, 0.4) is 0 Å². The Morgan fingerprint density at radius 2 is 1.79 bits per heavy atom. The summed E-state index contributed by atoms with van der Waals surface area (Å²) in [4.78, 5) is 15.6. The summed E-state index contributed by atoms with van der Waals surface area (Å²) in [5, 5.41) is 13.5. The summed E-state index contributed by atoms with van der Waals surface area (Å²) in [7, 11) is 0. The maximum Gasteiger partial charge on any atom is 0.355 e. The molecular formula is C23H19NO3S. The third kappa shape index (κ3) is 3.89. The SMILES string of the molecule is O=C(O)c1csc(-c2c(OCCCc3ccccc3)ccc3ccccc23)n1. The highest BCUT2D eigenvalue weighted by Gasteiger charge is 2.17. The van der Waals surface area contributed by atoms with E-state index in [1.165, 1.54) is 16.9 Å². The van der Waals surface area contributed by atoms with Gasteiger partial charge >= 0.3 is 5.97 Å². The Kier molecular flexibility index (Phi) is 5.35. The highest BCUT2D eigenvalue weighted by Crippen LogP contribution is 2.38. The van der Waals surface area contributed by atoms with Crippen molar-refractivity contribution in [2.45, 2.75) is 12.8 Å². The van der Waals surface area contributed by atoms with E-state index in [0.29, 0.717) is 11.6 Å². The molecule has 140 valence electrons. The van der Waals surface area contributed by atoms with E-state index in [1.807, 2.05) is 54.6 Å². The fraction of sp³-hybridized carbons (Fsp3) is 0.130. The lowest BCUT2D eigenvalue weighted by molar-refractivity contribution is 0.0691. The molecule has 0 aliphatic heterocycles. The number of carboxylic acid groups (broad SMARTS) is 1. The summed E-state index contributed by atoms with van der Waals surface area (Å²) in [6.45, 7) is 0.581. The number of carbonyl (C=O) groups is 1. The molecule has 0 fully saturated rings. The first-order chi connectivity index (χ1) is 13.7. The number of hydrogen-bond acceptors (Lipinski definition) is 4. The summed E-state index contributed by atoms with van der Waals surface area (Å²) >= 11 is 1.32. The van der Waals surface area contributed by atoms with Crippen LogP contribution < -0.4 is 4.74 Å². The molecule has 0 amide bonds. The predicted molar refractivity (Wildman–Crippen MR) is 112 cm³/mol. The van der Waals surface area contributed by atoms with Gasteiger partial charge in [-0.05, 0) is 35.2 Å². The smallest absolute Gasteiger partial charge is 0.355 e. The van der Waals surface area contributed by atoms with Crippen LogP contribution in [-0.4, -0.2) is 22.7 Å². The Morgan fingerprint density at radius 1 is 1.00 bits per heavy atom. The average Bonchev–Trinajstić information content (AvgIpc) is 3.22. The van der Waals surface area contributed by atoms with Gasteiger partial charge in [0.2, 0.25) is 0 Å². The second-order valence-electron chi connectivity index (χ2n) is 6.44. The van der Waals surface area contributed by atoms with Crippen molar-refractivity contribution in [1.82, 2.24) is 4.98 Å². The van der Waals surface area contributed by atoms with Gasteiger partial charge in [-0.25, -0.2) is 9.78 Å². The highest BCUT2D eigenvalue weighted by atomic mass is 32.1. The summed E-state index contributed by atoms with van der Waals surface area (Å²) in [5.41, 5.74) is 2.20. The van der Waals surface area contributed by atoms with Crippen molar-refractivity contribution in [3.05, 3.63) is 83.4 Å². The molecule has 3 aromatic carbocycles. The molecule has 0 saturated carbocycles. The average molecular weight is 389 g/mol. The number of aromatic nitrogens is 1. The van der Waals surface area contributed by atoms with Crippen LogP contribution in [0.5, 0.6) is 5.75 Å². The molecule has 1 heterocycles. The molecule has 0 aliphatic rings. The molecule has 0 saturated heterocycles. The van der Waals surface area contributed by atoms with Gasteiger partial charge in [-0.2, -0.15) is 0 Å². The van der Waals surface area contributed by atoms with E-state index in [-0.39, 0.29) is 5.69 Å². The fourth-order valence-electron chi connectivity index (χ4n) is 3.18. The number of thiazole rings is 1. The molecule has 4 rings (SSSR count). The number of fused-ring (bicyclic) bond motifs is 1. The van der Waals surface area contributed by atoms with Crippen molar-refractivity contribution in [1.29, 1.82) is 0 Å². The minimum Gasteiger partial charge on any atom is -0.493 e. The van der Waals surface area contributed by atoms with Crippen LogP contribution in [0.1, 0.15) is 22.5 Å². The predicted octanol–water partition coefficient (Wildman–Crippen LogP) is 5.67. The maximum absolute atomic E-state index is 11.3. The summed E-state index contributed by atoms with van der Waals surface area (Å²) in [6.07, 6.45) is 1.85. The van der Waals surface area contributed by atoms with Crippen molar-refractivity contribution in [2.24, 2.45) is 0 Å². The third-order valence-corrected chi connectivity index (χ3v) is 5.40. The molecule has 4 nitrogen and oxygen atoms in total. The fourth-order valence-corrected chi connectivity index (χ4v) is 4.04. The Morgan fingerprint density at radius 3 is 2.57 bits per heavy atom. The minimum absolute atomic E-state index is 0.0583. The Bertz CT molecular complexity index is 1110. The first-order valence-electron chi connectivity index (χ1n) is 9.10. The van der Waals surface area contributed by atoms with Crippen LogP contribution in [0.4, 0.5) is 0 Å². The van der Waals surface area contributed by atoms with Crippen molar-refractivity contribution in [2.75, 3.05) is 6.61 Å². The van der Waals surface area contributed by atoms with E-state index in [1.54, 1.807) is 5.38 Å². The van der Waals surface area contributed by atoms with Gasteiger partial charge in [-0.1, -0.05) is 60.7 Å². The van der Waals surface area contributed by atoms with Gasteiger partial charge in [0, 0.05) is 5.38 Å². The minimum atomic E-state index is -1.02. The Hall–Kier alpha value is -3.18. The van der Waals surface area contributed by atoms with Gasteiger partial charge < -0.3 is 9.84 Å². The zero-order chi connectivity index (χ0) is 19.3. The van der Waals surface area contributed by atoms with Crippen molar-refractivity contribution < 1.29 is 14.6 Å². The number of aromatic carboxylic acids is 1. The van der Waals surface area contributed by atoms with Gasteiger partial charge in [0.25, 0.3) is 0 Å². The van der Waals surface area contributed by atoms with Gasteiger partial charge in [-0.15, -0.1) is 11.3 Å². The Balaban J connectivity index is 1.61. The summed E-state index contributed by atoms with van der Waals surface area (Å²) < 4.78 is 6.11. The number of hydrogen-bond donors (Lipinski definition) is 1. The zero-order valence-electron chi connectivity index (χ0n) is 15.2. The van der Waals surface area contributed by atoms with E-state index in [0.717, 1.165) is 34.9 Å². The Labute approximate surface area is 167 Å². The lowest BCUT2D eigenvalue weighted by Crippen LogP contribution is -2.01. The lowest BCUT2D eigenvalue weighted by atomic mass is 10.0. The summed E-state index contributed by atoms with van der Waals surface area (Å²) in [6, 6.07) is 22.3. The van der Waals surface area contributed by atoms with Crippen LogP contribution in [0, 0.1) is 0 Å². The first-order valence-corrected chi connectivity index (χ1v) is 9.98. The standard InChI is InChI=1S/C23H19NO3S/c25-23(26)19-15-28-22(24-19)21-18-11-5-4-10-17(18)12-13-20(21)27-14-6-9-16-7-2-1-3-8-16/h1-5,7-8,10-13,15H,6,9,14H2,(H,25,26). The van der Waals surface area contributed by atoms with Gasteiger partial charge in [0.15, 0.2) is 5.69 Å². The molecule has 0 spiro atoms. The van der Waals surface area contributed by atoms with E-state index >= 15 is 0 Å². The van der Waals surface area contributed by atoms with E-state index < -0.39 is 5.97 Å². The monoisotopic (exact) mass is 389 g/mol. The number of ether oxygens (including phenoxy) is 1. The van der Waals surface area contributed by atoms with Gasteiger partial charge in [0.05, 0.1) is 12.2 Å². The second kappa shape index (κ2) is 8.23. The van der Waals surface area contributed by atoms with Crippen LogP contribution >= 0.6 is 11.3 Å². The quantitative estimate of drug-likeness (QED) is 0.414.